The number of piperidine rings is 1. The van der Waals surface area contributed by atoms with Crippen LogP contribution in [-0.2, 0) is 4.74 Å². The molecule has 0 unspecified atom stereocenters. The topological polar surface area (TPSA) is 50.8 Å². The average Bonchev–Trinajstić information content (AvgIpc) is 2.85. The zero-order valence-electron chi connectivity index (χ0n) is 20.9. The molecule has 2 bridgehead atoms. The molecule has 0 amide bonds. The van der Waals surface area contributed by atoms with Gasteiger partial charge in [-0.2, -0.15) is 0 Å². The van der Waals surface area contributed by atoms with Crippen molar-refractivity contribution in [3.05, 3.63) is 54.1 Å². The Bertz CT molecular complexity index is 1010. The van der Waals surface area contributed by atoms with Crippen molar-refractivity contribution >= 4 is 11.7 Å². The first-order chi connectivity index (χ1) is 16.4. The van der Waals surface area contributed by atoms with Gasteiger partial charge < -0.3 is 19.7 Å². The van der Waals surface area contributed by atoms with Gasteiger partial charge in [-0.05, 0) is 73.1 Å². The predicted octanol–water partition coefficient (Wildman–Crippen LogP) is 5.89. The number of nitrogens with zero attached hydrogens (tertiary/aromatic N) is 1. The summed E-state index contributed by atoms with van der Waals surface area (Å²) in [6, 6.07) is 16.6. The van der Waals surface area contributed by atoms with E-state index in [0.29, 0.717) is 34.6 Å². The van der Waals surface area contributed by atoms with Crippen LogP contribution in [0.1, 0.15) is 56.8 Å². The van der Waals surface area contributed by atoms with Crippen LogP contribution in [0.5, 0.6) is 11.5 Å². The maximum Gasteiger partial charge on any atom is 0.341 e. The molecule has 1 N–H and O–H groups in total. The Labute approximate surface area is 203 Å². The van der Waals surface area contributed by atoms with Gasteiger partial charge in [-0.1, -0.05) is 39.0 Å². The van der Waals surface area contributed by atoms with E-state index in [-0.39, 0.29) is 5.97 Å². The van der Waals surface area contributed by atoms with Gasteiger partial charge in [0.15, 0.2) is 0 Å². The summed E-state index contributed by atoms with van der Waals surface area (Å²) < 4.78 is 11.1. The number of esters is 1. The number of anilines is 1. The Morgan fingerprint density at radius 2 is 1.79 bits per heavy atom. The lowest BCUT2D eigenvalue weighted by Crippen LogP contribution is -2.61. The molecule has 0 spiro atoms. The fourth-order valence-electron chi connectivity index (χ4n) is 6.66. The van der Waals surface area contributed by atoms with Crippen LogP contribution >= 0.6 is 0 Å². The molecule has 0 radical (unpaired) electrons. The fourth-order valence-corrected chi connectivity index (χ4v) is 6.66. The van der Waals surface area contributed by atoms with Crippen LogP contribution < -0.4 is 15.0 Å². The molecular formula is C29H38N2O3. The van der Waals surface area contributed by atoms with Crippen molar-refractivity contribution in [1.82, 2.24) is 5.32 Å². The lowest BCUT2D eigenvalue weighted by atomic mass is 9.44. The Morgan fingerprint density at radius 3 is 2.44 bits per heavy atom. The van der Waals surface area contributed by atoms with Crippen molar-refractivity contribution in [1.29, 1.82) is 0 Å². The highest BCUT2D eigenvalue weighted by molar-refractivity contribution is 5.93. The van der Waals surface area contributed by atoms with E-state index in [1.807, 2.05) is 48.5 Å². The zero-order chi connectivity index (χ0) is 23.9. The third-order valence-corrected chi connectivity index (χ3v) is 9.01. The van der Waals surface area contributed by atoms with E-state index in [2.05, 4.69) is 31.0 Å². The Balaban J connectivity index is 1.23. The van der Waals surface area contributed by atoms with Gasteiger partial charge in [0.2, 0.25) is 0 Å². The first-order valence-electron chi connectivity index (χ1n) is 12.8. The number of nitrogens with one attached hydrogen (secondary N) is 1. The molecule has 182 valence electrons. The highest BCUT2D eigenvalue weighted by Crippen LogP contribution is 2.61. The lowest BCUT2D eigenvalue weighted by Gasteiger charge is -2.62. The summed E-state index contributed by atoms with van der Waals surface area (Å²) in [6.45, 7) is 9.40. The number of para-hydroxylation sites is 1. The summed E-state index contributed by atoms with van der Waals surface area (Å²) in [6.07, 6.45) is 5.03. The highest BCUT2D eigenvalue weighted by Gasteiger charge is 2.56. The number of benzene rings is 2. The molecule has 5 nitrogen and oxygen atoms in total. The minimum atomic E-state index is -0.386. The average molecular weight is 463 g/mol. The van der Waals surface area contributed by atoms with Gasteiger partial charge in [0.1, 0.15) is 17.1 Å². The van der Waals surface area contributed by atoms with Crippen LogP contribution in [0.15, 0.2) is 48.5 Å². The van der Waals surface area contributed by atoms with Crippen molar-refractivity contribution in [2.75, 3.05) is 25.1 Å². The second-order valence-corrected chi connectivity index (χ2v) is 11.1. The van der Waals surface area contributed by atoms with Gasteiger partial charge in [-0.3, -0.25) is 0 Å². The number of hydrogen-bond donors (Lipinski definition) is 1. The van der Waals surface area contributed by atoms with Crippen molar-refractivity contribution in [2.24, 2.45) is 23.2 Å². The van der Waals surface area contributed by atoms with Gasteiger partial charge in [-0.25, -0.2) is 4.79 Å². The van der Waals surface area contributed by atoms with Crippen molar-refractivity contribution in [3.8, 4) is 11.5 Å². The van der Waals surface area contributed by atoms with E-state index in [0.717, 1.165) is 49.4 Å². The Hall–Kier alpha value is -2.53. The number of hydrogen-bond acceptors (Lipinski definition) is 5. The molecule has 6 rings (SSSR count). The summed E-state index contributed by atoms with van der Waals surface area (Å²) in [7, 11) is 1.40. The zero-order valence-corrected chi connectivity index (χ0v) is 20.9. The standard InChI is InChI=1S/C29H38N2O3/c1-19-25-16-20(29(25,2)3)17-26(19)30-21-12-14-31(15-13-21)22-10-11-24(28(32)33-4)27(18-22)34-23-8-6-5-7-9-23/h5-11,18-21,25-26,30H,12-17H2,1-4H3/t19-,20+,25-,26-/m0/s1. The fraction of sp³-hybridized carbons (Fsp3) is 0.552. The molecular weight excluding hydrogens is 424 g/mol. The van der Waals surface area contributed by atoms with E-state index in [9.17, 15) is 4.79 Å². The molecule has 4 atom stereocenters. The molecule has 0 aromatic heterocycles. The van der Waals surface area contributed by atoms with E-state index in [1.165, 1.54) is 20.0 Å². The first-order valence-corrected chi connectivity index (χ1v) is 12.8. The third-order valence-electron chi connectivity index (χ3n) is 9.01. The SMILES string of the molecule is COC(=O)c1ccc(N2CCC(N[C@H]3C[C@H]4C[C@@H]([C@@H]3C)C4(C)C)CC2)cc1Oc1ccccc1. The molecule has 1 aliphatic heterocycles. The van der Waals surface area contributed by atoms with Crippen molar-refractivity contribution < 1.29 is 14.3 Å². The number of methoxy groups -OCH3 is 1. The minimum absolute atomic E-state index is 0.386. The smallest absolute Gasteiger partial charge is 0.341 e. The summed E-state index contributed by atoms with van der Waals surface area (Å²) in [5.74, 6) is 3.39. The second kappa shape index (κ2) is 9.26. The van der Waals surface area contributed by atoms with Crippen molar-refractivity contribution in [3.63, 3.8) is 0 Å². The normalized spacial score (nSPS) is 28.2. The number of carbonyl (C=O) groups excluding carboxylic acids is 1. The van der Waals surface area contributed by atoms with Crippen LogP contribution in [0.3, 0.4) is 0 Å². The van der Waals surface area contributed by atoms with Crippen molar-refractivity contribution in [2.45, 2.75) is 58.5 Å². The van der Waals surface area contributed by atoms with Crippen LogP contribution in [0.4, 0.5) is 5.69 Å². The molecule has 5 heteroatoms. The van der Waals surface area contributed by atoms with Gasteiger partial charge in [0, 0.05) is 36.9 Å². The van der Waals surface area contributed by atoms with Crippen LogP contribution in [-0.4, -0.2) is 38.3 Å². The number of carbonyl (C=O) groups is 1. The number of rotatable bonds is 6. The molecule has 2 aromatic rings. The van der Waals surface area contributed by atoms with Gasteiger partial charge in [0.05, 0.1) is 7.11 Å². The predicted molar refractivity (Wildman–Crippen MR) is 136 cm³/mol. The van der Waals surface area contributed by atoms with E-state index in [4.69, 9.17) is 9.47 Å². The minimum Gasteiger partial charge on any atom is -0.465 e. The largest absolute Gasteiger partial charge is 0.465 e. The lowest BCUT2D eigenvalue weighted by molar-refractivity contribution is -0.116. The number of fused-ring (bicyclic) bond motifs is 2. The van der Waals surface area contributed by atoms with E-state index in [1.54, 1.807) is 0 Å². The van der Waals surface area contributed by atoms with E-state index >= 15 is 0 Å². The maximum absolute atomic E-state index is 12.3. The molecule has 4 aliphatic rings. The molecule has 3 saturated carbocycles. The van der Waals surface area contributed by atoms with Gasteiger partial charge in [-0.15, -0.1) is 0 Å². The molecule has 2 aromatic carbocycles. The molecule has 1 saturated heterocycles. The molecule has 34 heavy (non-hydrogen) atoms. The summed E-state index contributed by atoms with van der Waals surface area (Å²) >= 11 is 0. The number of ether oxygens (including phenoxy) is 2. The third kappa shape index (κ3) is 4.31. The Morgan fingerprint density at radius 1 is 1.06 bits per heavy atom. The summed E-state index contributed by atoms with van der Waals surface area (Å²) in [5.41, 5.74) is 2.07. The van der Waals surface area contributed by atoms with Gasteiger partial charge in [0.25, 0.3) is 0 Å². The molecule has 3 aliphatic carbocycles. The summed E-state index contributed by atoms with van der Waals surface area (Å²) in [5, 5.41) is 4.04. The highest BCUT2D eigenvalue weighted by atomic mass is 16.5. The van der Waals surface area contributed by atoms with Crippen LogP contribution in [0.2, 0.25) is 0 Å². The van der Waals surface area contributed by atoms with Crippen LogP contribution in [0.25, 0.3) is 0 Å². The molecule has 4 fully saturated rings. The van der Waals surface area contributed by atoms with E-state index < -0.39 is 0 Å². The quantitative estimate of drug-likeness (QED) is 0.542. The first kappa shape index (κ1) is 23.2. The Kier molecular flexibility index (Phi) is 6.32. The monoisotopic (exact) mass is 462 g/mol. The maximum atomic E-state index is 12.3. The van der Waals surface area contributed by atoms with Crippen LogP contribution in [0, 0.1) is 23.2 Å². The van der Waals surface area contributed by atoms with Gasteiger partial charge >= 0.3 is 5.97 Å². The second-order valence-electron chi connectivity index (χ2n) is 11.1. The molecule has 1 heterocycles. The summed E-state index contributed by atoms with van der Waals surface area (Å²) in [4.78, 5) is 14.7.